The second-order valence-corrected chi connectivity index (χ2v) is 11.3. The van der Waals surface area contributed by atoms with E-state index in [0.717, 1.165) is 0 Å². The number of carbonyl (C=O) groups is 5. The number of nitrogens with zero attached hydrogens (tertiary/aromatic N) is 1. The van der Waals surface area contributed by atoms with Gasteiger partial charge in [-0.05, 0) is 62.8 Å². The summed E-state index contributed by atoms with van der Waals surface area (Å²) in [7, 11) is 0. The number of carbonyl (C=O) groups excluding carboxylic acids is 5. The fourth-order valence-electron chi connectivity index (χ4n) is 3.95. The van der Waals surface area contributed by atoms with Crippen molar-refractivity contribution in [3.05, 3.63) is 29.3 Å². The molecule has 0 aliphatic rings. The van der Waals surface area contributed by atoms with E-state index in [1.807, 2.05) is 0 Å². The van der Waals surface area contributed by atoms with Crippen LogP contribution < -0.4 is 27.0 Å². The fraction of sp³-hybridized carbons (Fsp3) is 0.516. The van der Waals surface area contributed by atoms with Gasteiger partial charge in [0.15, 0.2) is 6.61 Å². The zero-order valence-electron chi connectivity index (χ0n) is 26.4. The highest BCUT2D eigenvalue weighted by molar-refractivity contribution is 5.98. The van der Waals surface area contributed by atoms with Crippen LogP contribution in [0.4, 0.5) is 20.1 Å². The van der Waals surface area contributed by atoms with Gasteiger partial charge in [0.25, 0.3) is 0 Å². The Bertz CT molecular complexity index is 1280. The lowest BCUT2D eigenvalue weighted by Crippen LogP contribution is -2.55. The molecule has 45 heavy (non-hydrogen) atoms. The van der Waals surface area contributed by atoms with Crippen LogP contribution in [0.25, 0.3) is 0 Å². The molecule has 0 saturated carbocycles. The van der Waals surface area contributed by atoms with E-state index >= 15 is 0 Å². The van der Waals surface area contributed by atoms with Crippen LogP contribution in [0.5, 0.6) is 0 Å². The molecule has 1 aromatic carbocycles. The molecule has 6 amide bonds. The van der Waals surface area contributed by atoms with Crippen molar-refractivity contribution in [3.8, 4) is 24.7 Å². The number of nitrogens with two attached hydrogens (primary N) is 1. The molecule has 0 unspecified atom stereocenters. The van der Waals surface area contributed by atoms with Crippen LogP contribution in [0.3, 0.4) is 0 Å². The third kappa shape index (κ3) is 14.4. The number of aliphatic hydroxyl groups is 1. The van der Waals surface area contributed by atoms with Gasteiger partial charge in [-0.1, -0.05) is 31.8 Å². The molecule has 0 bridgehead atoms. The molecular weight excluding hydrogens is 584 g/mol. The topological polar surface area (TPSA) is 201 Å². The van der Waals surface area contributed by atoms with Gasteiger partial charge in [-0.2, -0.15) is 0 Å². The Hall–Kier alpha value is -4.95. The van der Waals surface area contributed by atoms with Crippen LogP contribution in [-0.4, -0.2) is 77.4 Å². The predicted octanol–water partition coefficient (Wildman–Crippen LogP) is 1.81. The van der Waals surface area contributed by atoms with Crippen LogP contribution in [0, 0.1) is 30.6 Å². The zero-order valence-corrected chi connectivity index (χ0v) is 26.4. The van der Waals surface area contributed by atoms with Gasteiger partial charge >= 0.3 is 18.2 Å². The summed E-state index contributed by atoms with van der Waals surface area (Å²) in [4.78, 5) is 63.9. The number of terminal acetylenes is 2. The van der Waals surface area contributed by atoms with Gasteiger partial charge in [-0.15, -0.1) is 12.8 Å². The molecule has 246 valence electrons. The fourth-order valence-corrected chi connectivity index (χ4v) is 3.95. The van der Waals surface area contributed by atoms with Crippen molar-refractivity contribution < 1.29 is 38.6 Å². The molecular formula is C31H44N6O8. The number of alkyl carbamates (subject to hydrolysis) is 1. The smallest absolute Gasteiger partial charge is 0.411 e. The van der Waals surface area contributed by atoms with Gasteiger partial charge in [0.1, 0.15) is 17.7 Å². The third-order valence-electron chi connectivity index (χ3n) is 6.05. The molecule has 1 aromatic rings. The monoisotopic (exact) mass is 628 g/mol. The average molecular weight is 629 g/mol. The Morgan fingerprint density at radius 1 is 1.04 bits per heavy atom. The van der Waals surface area contributed by atoms with Crippen LogP contribution >= 0.6 is 0 Å². The van der Waals surface area contributed by atoms with Crippen LogP contribution in [0.2, 0.25) is 0 Å². The van der Waals surface area contributed by atoms with Gasteiger partial charge < -0.3 is 41.6 Å². The summed E-state index contributed by atoms with van der Waals surface area (Å²) < 4.78 is 10.3. The maximum absolute atomic E-state index is 13.5. The molecule has 14 nitrogen and oxygen atoms in total. The summed E-state index contributed by atoms with van der Waals surface area (Å²) >= 11 is 0. The molecule has 7 N–H and O–H groups in total. The Morgan fingerprint density at radius 2 is 1.73 bits per heavy atom. The van der Waals surface area contributed by atoms with Crippen LogP contribution in [-0.2, 0) is 32.2 Å². The first-order chi connectivity index (χ1) is 21.1. The minimum absolute atomic E-state index is 0.0570. The summed E-state index contributed by atoms with van der Waals surface area (Å²) in [5.41, 5.74) is 5.57. The first kappa shape index (κ1) is 38.1. The highest BCUT2D eigenvalue weighted by atomic mass is 16.6. The summed E-state index contributed by atoms with van der Waals surface area (Å²) in [6.07, 6.45) is 9.41. The number of aliphatic hydroxyl groups excluding tert-OH is 1. The Balaban J connectivity index is 3.23. The molecule has 0 heterocycles. The number of urea groups is 1. The number of rotatable bonds is 15. The van der Waals surface area contributed by atoms with E-state index in [2.05, 4.69) is 33.1 Å². The lowest BCUT2D eigenvalue weighted by atomic mass is 10.0. The standard InChI is InChI=1S/C31H44N6O8/c1-8-15-37(30(43)44-16-9-2)18-22-17-23(13-12-21(22)19-38)34-26(39)24(11-10-14-33-28(32)41)35-27(40)25(20(3)4)36-29(42)45-31(5,6)7/h1-2,12-13,17,20,24-25,38H,10-11,14-16,18-19H2,3-7H3,(H,34,39)(H,35,40)(H,36,42)(H3,32,33,41)/t24-,25-/m0/s1. The molecule has 0 fully saturated rings. The number of amides is 6. The Labute approximate surface area is 264 Å². The number of anilines is 1. The van der Waals surface area contributed by atoms with Crippen molar-refractivity contribution in [1.82, 2.24) is 20.9 Å². The minimum Gasteiger partial charge on any atom is -0.444 e. The van der Waals surface area contributed by atoms with E-state index in [-0.39, 0.29) is 51.6 Å². The highest BCUT2D eigenvalue weighted by Gasteiger charge is 2.30. The van der Waals surface area contributed by atoms with Crippen molar-refractivity contribution in [2.45, 2.75) is 78.3 Å². The first-order valence-electron chi connectivity index (χ1n) is 14.3. The molecule has 0 aromatic heterocycles. The zero-order chi connectivity index (χ0) is 34.2. The summed E-state index contributed by atoms with van der Waals surface area (Å²) in [6.45, 7) is 7.89. The van der Waals surface area contributed by atoms with Gasteiger partial charge in [-0.25, -0.2) is 14.4 Å². The normalized spacial score (nSPS) is 12.0. The Morgan fingerprint density at radius 3 is 2.29 bits per heavy atom. The second kappa shape index (κ2) is 18.7. The lowest BCUT2D eigenvalue weighted by molar-refractivity contribution is -0.128. The van der Waals surface area contributed by atoms with E-state index in [0.29, 0.717) is 16.8 Å². The van der Waals surface area contributed by atoms with Crippen molar-refractivity contribution in [3.63, 3.8) is 0 Å². The maximum atomic E-state index is 13.5. The number of hydrogen-bond acceptors (Lipinski definition) is 8. The van der Waals surface area contributed by atoms with E-state index in [9.17, 15) is 29.1 Å². The van der Waals surface area contributed by atoms with E-state index in [1.165, 1.54) is 4.90 Å². The molecule has 14 heteroatoms. The SMILES string of the molecule is C#CCOC(=O)N(CC#C)Cc1cc(NC(=O)[C@H](CCCNC(N)=O)NC(=O)[C@@H](NC(=O)OC(C)(C)C)C(C)C)ccc1CO. The summed E-state index contributed by atoms with van der Waals surface area (Å²) in [5, 5.41) is 20.3. The van der Waals surface area contributed by atoms with Gasteiger partial charge in [-0.3, -0.25) is 14.5 Å². The van der Waals surface area contributed by atoms with Crippen molar-refractivity contribution in [2.75, 3.05) is 25.0 Å². The first-order valence-corrected chi connectivity index (χ1v) is 14.3. The van der Waals surface area contributed by atoms with Gasteiger partial charge in [0.05, 0.1) is 19.7 Å². The molecule has 0 aliphatic carbocycles. The molecule has 1 rings (SSSR count). The van der Waals surface area contributed by atoms with Gasteiger partial charge in [0.2, 0.25) is 11.8 Å². The largest absolute Gasteiger partial charge is 0.444 e. The number of primary amides is 1. The van der Waals surface area contributed by atoms with Gasteiger partial charge in [0, 0.05) is 12.2 Å². The molecule has 2 atom stereocenters. The number of hydrogen-bond donors (Lipinski definition) is 6. The van der Waals surface area contributed by atoms with Crippen molar-refractivity contribution in [2.24, 2.45) is 11.7 Å². The van der Waals surface area contributed by atoms with E-state index in [1.54, 1.807) is 52.8 Å². The summed E-state index contributed by atoms with van der Waals surface area (Å²) in [6, 6.07) is 1.81. The number of ether oxygens (including phenoxy) is 2. The predicted molar refractivity (Wildman–Crippen MR) is 167 cm³/mol. The van der Waals surface area contributed by atoms with Crippen LogP contribution in [0.1, 0.15) is 58.6 Å². The average Bonchev–Trinajstić information content (AvgIpc) is 2.94. The van der Waals surface area contributed by atoms with E-state index < -0.39 is 47.7 Å². The highest BCUT2D eigenvalue weighted by Crippen LogP contribution is 2.20. The van der Waals surface area contributed by atoms with E-state index in [4.69, 9.17) is 28.1 Å². The molecule has 0 aliphatic heterocycles. The minimum atomic E-state index is -1.09. The molecule has 0 spiro atoms. The number of nitrogens with one attached hydrogen (secondary N) is 4. The number of benzene rings is 1. The van der Waals surface area contributed by atoms with Crippen molar-refractivity contribution >= 4 is 35.7 Å². The maximum Gasteiger partial charge on any atom is 0.411 e. The third-order valence-corrected chi connectivity index (χ3v) is 6.05. The second-order valence-electron chi connectivity index (χ2n) is 11.3. The quantitative estimate of drug-likeness (QED) is 0.125. The molecule has 0 saturated heterocycles. The molecule has 0 radical (unpaired) electrons. The van der Waals surface area contributed by atoms with Crippen LogP contribution in [0.15, 0.2) is 18.2 Å². The van der Waals surface area contributed by atoms with Crippen molar-refractivity contribution in [1.29, 1.82) is 0 Å². The summed E-state index contributed by atoms with van der Waals surface area (Å²) in [5.74, 6) is 2.99. The lowest BCUT2D eigenvalue weighted by Gasteiger charge is -2.27. The Kier molecular flexibility index (Phi) is 15.8.